The highest BCUT2D eigenvalue weighted by Crippen LogP contribution is 2.37. The minimum absolute atomic E-state index is 0.0511. The number of aromatic nitrogens is 3. The van der Waals surface area contributed by atoms with Crippen LogP contribution in [0.1, 0.15) is 43.7 Å². The van der Waals surface area contributed by atoms with Crippen LogP contribution in [0, 0.1) is 0 Å². The number of ether oxygens (including phenoxy) is 3. The molecular weight excluding hydrogens is 428 g/mol. The molecule has 0 saturated carbocycles. The summed E-state index contributed by atoms with van der Waals surface area (Å²) in [6, 6.07) is 1.83. The Morgan fingerprint density at radius 2 is 2.03 bits per heavy atom. The lowest BCUT2D eigenvalue weighted by atomic mass is 10.1. The number of hydrogen-bond donors (Lipinski definition) is 0. The first-order chi connectivity index (χ1) is 16.0. The maximum atomic E-state index is 13.0. The lowest BCUT2D eigenvalue weighted by molar-refractivity contribution is 0.0493. The zero-order chi connectivity index (χ0) is 23.4. The Hall–Kier alpha value is -3.40. The van der Waals surface area contributed by atoms with Gasteiger partial charge in [-0.15, -0.1) is 0 Å². The minimum Gasteiger partial charge on any atom is -0.460 e. The fourth-order valence-corrected chi connectivity index (χ4v) is 3.94. The predicted molar refractivity (Wildman–Crippen MR) is 120 cm³/mol. The number of nitrogens with zero attached hydrogens (tertiary/aromatic N) is 4. The van der Waals surface area contributed by atoms with Crippen LogP contribution in [-0.4, -0.2) is 59.3 Å². The average molecular weight is 456 g/mol. The van der Waals surface area contributed by atoms with E-state index in [0.29, 0.717) is 25.0 Å². The number of pyridine rings is 1. The fraction of sp³-hybridized carbons (Fsp3) is 0.478. The minimum atomic E-state index is -0.667. The molecule has 33 heavy (non-hydrogen) atoms. The molecule has 1 unspecified atom stereocenters. The highest BCUT2D eigenvalue weighted by Gasteiger charge is 2.32. The quantitative estimate of drug-likeness (QED) is 0.469. The second-order valence-corrected chi connectivity index (χ2v) is 7.75. The number of rotatable bonds is 8. The van der Waals surface area contributed by atoms with E-state index < -0.39 is 12.1 Å². The van der Waals surface area contributed by atoms with Crippen molar-refractivity contribution in [3.05, 3.63) is 30.4 Å². The van der Waals surface area contributed by atoms with Gasteiger partial charge in [0.15, 0.2) is 0 Å². The zero-order valence-corrected chi connectivity index (χ0v) is 19.1. The molecule has 3 aromatic heterocycles. The molecule has 1 aliphatic heterocycles. The third-order valence-electron chi connectivity index (χ3n) is 5.48. The van der Waals surface area contributed by atoms with Crippen molar-refractivity contribution in [3.8, 4) is 11.1 Å². The zero-order valence-electron chi connectivity index (χ0n) is 19.1. The van der Waals surface area contributed by atoms with Gasteiger partial charge in [-0.2, -0.15) is 5.10 Å². The van der Waals surface area contributed by atoms with E-state index in [4.69, 9.17) is 18.6 Å². The molecular formula is C23H28N4O6. The molecule has 0 radical (unpaired) electrons. The number of fused-ring (bicyclic) bond motifs is 1. The summed E-state index contributed by atoms with van der Waals surface area (Å²) in [7, 11) is 1.82. The fourth-order valence-electron chi connectivity index (χ4n) is 3.94. The second kappa shape index (κ2) is 10.0. The third kappa shape index (κ3) is 4.85. The Labute approximate surface area is 191 Å². The van der Waals surface area contributed by atoms with E-state index in [2.05, 4.69) is 10.1 Å². The van der Waals surface area contributed by atoms with Crippen molar-refractivity contribution in [3.63, 3.8) is 0 Å². The van der Waals surface area contributed by atoms with Crippen molar-refractivity contribution < 1.29 is 28.2 Å². The molecule has 176 valence electrons. The molecule has 1 amide bonds. The molecule has 0 aromatic carbocycles. The summed E-state index contributed by atoms with van der Waals surface area (Å²) in [4.78, 5) is 31.6. The summed E-state index contributed by atoms with van der Waals surface area (Å²) in [6.07, 6.45) is 7.22. The van der Waals surface area contributed by atoms with Crippen LogP contribution in [0.4, 0.5) is 10.5 Å². The topological polar surface area (TPSA) is 109 Å². The first kappa shape index (κ1) is 22.8. The van der Waals surface area contributed by atoms with Gasteiger partial charge in [0.05, 0.1) is 30.9 Å². The third-order valence-corrected chi connectivity index (χ3v) is 5.48. The number of amides is 1. The monoisotopic (exact) mass is 456 g/mol. The van der Waals surface area contributed by atoms with Crippen molar-refractivity contribution in [2.75, 3.05) is 31.3 Å². The van der Waals surface area contributed by atoms with E-state index >= 15 is 0 Å². The Balaban J connectivity index is 1.81. The highest BCUT2D eigenvalue weighted by molar-refractivity contribution is 6.09. The summed E-state index contributed by atoms with van der Waals surface area (Å²) >= 11 is 0. The van der Waals surface area contributed by atoms with Gasteiger partial charge in [0.1, 0.15) is 5.69 Å². The van der Waals surface area contributed by atoms with Crippen LogP contribution in [0.5, 0.6) is 0 Å². The largest absolute Gasteiger partial charge is 0.460 e. The average Bonchev–Trinajstić information content (AvgIpc) is 3.54. The first-order valence-electron chi connectivity index (χ1n) is 11.2. The summed E-state index contributed by atoms with van der Waals surface area (Å²) < 4.78 is 23.7. The van der Waals surface area contributed by atoms with Crippen molar-refractivity contribution in [1.82, 2.24) is 14.8 Å². The van der Waals surface area contributed by atoms with Gasteiger partial charge < -0.3 is 18.6 Å². The summed E-state index contributed by atoms with van der Waals surface area (Å²) in [5.74, 6) is -0.747. The van der Waals surface area contributed by atoms with E-state index in [-0.39, 0.29) is 36.5 Å². The maximum absolute atomic E-state index is 13.0. The van der Waals surface area contributed by atoms with Gasteiger partial charge in [-0.1, -0.05) is 0 Å². The van der Waals surface area contributed by atoms with E-state index in [1.165, 1.54) is 4.90 Å². The number of aryl methyl sites for hydroxylation is 1. The number of furan rings is 1. The predicted octanol–water partition coefficient (Wildman–Crippen LogP) is 3.94. The van der Waals surface area contributed by atoms with Crippen LogP contribution in [-0.2, 0) is 21.3 Å². The van der Waals surface area contributed by atoms with Gasteiger partial charge in [0.25, 0.3) is 0 Å². The van der Waals surface area contributed by atoms with Crippen LogP contribution >= 0.6 is 0 Å². The van der Waals surface area contributed by atoms with E-state index in [9.17, 15) is 9.59 Å². The SMILES string of the molecule is CCOC(=O)c1oc2ncc(-c3cnn(C)c3)cc2c1N(CCC1CCCO1)C(=O)OCC. The Morgan fingerprint density at radius 3 is 2.70 bits per heavy atom. The van der Waals surface area contributed by atoms with Crippen LogP contribution in [0.2, 0.25) is 0 Å². The van der Waals surface area contributed by atoms with E-state index in [1.807, 2.05) is 19.3 Å². The molecule has 0 bridgehead atoms. The molecule has 1 fully saturated rings. The Morgan fingerprint density at radius 1 is 1.21 bits per heavy atom. The number of carbonyl (C=O) groups is 2. The van der Waals surface area contributed by atoms with Crippen molar-refractivity contribution >= 4 is 28.8 Å². The molecule has 3 aromatic rings. The lowest BCUT2D eigenvalue weighted by Crippen LogP contribution is -2.35. The van der Waals surface area contributed by atoms with E-state index in [1.54, 1.807) is 30.9 Å². The van der Waals surface area contributed by atoms with Crippen molar-refractivity contribution in [2.45, 2.75) is 39.2 Å². The highest BCUT2D eigenvalue weighted by atomic mass is 16.6. The lowest BCUT2D eigenvalue weighted by Gasteiger charge is -2.23. The number of hydrogen-bond acceptors (Lipinski definition) is 8. The molecule has 10 heteroatoms. The number of anilines is 1. The summed E-state index contributed by atoms with van der Waals surface area (Å²) in [6.45, 7) is 4.81. The molecule has 1 atom stereocenters. The Kier molecular flexibility index (Phi) is 6.93. The molecule has 1 saturated heterocycles. The van der Waals surface area contributed by atoms with Crippen molar-refractivity contribution in [2.24, 2.45) is 7.05 Å². The van der Waals surface area contributed by atoms with Gasteiger partial charge in [-0.25, -0.2) is 14.6 Å². The van der Waals surface area contributed by atoms with Crippen LogP contribution in [0.3, 0.4) is 0 Å². The molecule has 0 spiro atoms. The molecule has 10 nitrogen and oxygen atoms in total. The van der Waals surface area contributed by atoms with Gasteiger partial charge in [-0.05, 0) is 39.2 Å². The van der Waals surface area contributed by atoms with Crippen LogP contribution < -0.4 is 4.90 Å². The van der Waals surface area contributed by atoms with Gasteiger partial charge in [0, 0.05) is 43.7 Å². The van der Waals surface area contributed by atoms with Gasteiger partial charge in [0.2, 0.25) is 11.5 Å². The second-order valence-electron chi connectivity index (χ2n) is 7.75. The molecule has 0 aliphatic carbocycles. The first-order valence-corrected chi connectivity index (χ1v) is 11.2. The Bertz CT molecular complexity index is 1130. The summed E-state index contributed by atoms with van der Waals surface area (Å²) in [5.41, 5.74) is 2.14. The van der Waals surface area contributed by atoms with Crippen molar-refractivity contribution in [1.29, 1.82) is 0 Å². The molecule has 0 N–H and O–H groups in total. The van der Waals surface area contributed by atoms with E-state index in [0.717, 1.165) is 24.0 Å². The maximum Gasteiger partial charge on any atom is 0.414 e. The number of esters is 1. The molecule has 1 aliphatic rings. The number of carbonyl (C=O) groups excluding carboxylic acids is 2. The van der Waals surface area contributed by atoms with Gasteiger partial charge in [-0.3, -0.25) is 9.58 Å². The van der Waals surface area contributed by atoms with Gasteiger partial charge >= 0.3 is 12.1 Å². The van der Waals surface area contributed by atoms with Crippen LogP contribution in [0.25, 0.3) is 22.2 Å². The van der Waals surface area contributed by atoms with Crippen LogP contribution in [0.15, 0.2) is 29.1 Å². The standard InChI is InChI=1S/C23H28N4O6/c1-4-30-22(28)20-19(27(23(29)31-5-2)9-8-17-7-6-10-32-17)18-11-15(12-24-21(18)33-20)16-13-25-26(3)14-16/h11-14,17H,4-10H2,1-3H3. The normalized spacial score (nSPS) is 15.7. The molecule has 4 heterocycles. The molecule has 4 rings (SSSR count). The summed E-state index contributed by atoms with van der Waals surface area (Å²) in [5, 5.41) is 4.72. The smallest absolute Gasteiger partial charge is 0.414 e.